The van der Waals surface area contributed by atoms with Crippen LogP contribution in [0.15, 0.2) is 0 Å². The van der Waals surface area contributed by atoms with E-state index < -0.39 is 5.67 Å². The molecule has 0 spiro atoms. The highest BCUT2D eigenvalue weighted by Crippen LogP contribution is 2.36. The first-order chi connectivity index (χ1) is 10.00. The summed E-state index contributed by atoms with van der Waals surface area (Å²) in [6.45, 7) is 18.3. The molecule has 0 amide bonds. The van der Waals surface area contributed by atoms with Crippen molar-refractivity contribution in [3.63, 3.8) is 0 Å². The monoisotopic (exact) mass is 312 g/mol. The lowest BCUT2D eigenvalue weighted by Crippen LogP contribution is -2.54. The van der Waals surface area contributed by atoms with Crippen LogP contribution in [0.25, 0.3) is 0 Å². The maximum absolute atomic E-state index is 15.2. The van der Waals surface area contributed by atoms with E-state index in [0.29, 0.717) is 24.8 Å². The highest BCUT2D eigenvalue weighted by Gasteiger charge is 2.39. The van der Waals surface area contributed by atoms with Crippen LogP contribution in [0, 0.1) is 11.3 Å². The molecule has 0 aromatic rings. The molecule has 0 unspecified atom stereocenters. The van der Waals surface area contributed by atoms with Crippen LogP contribution in [0.2, 0.25) is 0 Å². The quantitative estimate of drug-likeness (QED) is 0.748. The summed E-state index contributed by atoms with van der Waals surface area (Å²) in [6.07, 6.45) is 3.86. The summed E-state index contributed by atoms with van der Waals surface area (Å²) < 4.78 is 15.2. The molecule has 0 aliphatic carbocycles. The Kier molecular flexibility index (Phi) is 5.29. The molecule has 0 bridgehead atoms. The number of hydrogen-bond donors (Lipinski definition) is 0. The summed E-state index contributed by atoms with van der Waals surface area (Å²) >= 11 is 0. The summed E-state index contributed by atoms with van der Waals surface area (Å²) in [4.78, 5) is 4.81. The number of hydrogen-bond acceptors (Lipinski definition) is 2. The molecule has 2 nitrogen and oxygen atoms in total. The molecule has 0 atom stereocenters. The van der Waals surface area contributed by atoms with Crippen molar-refractivity contribution in [3.05, 3.63) is 0 Å². The Bertz CT molecular complexity index is 351. The van der Waals surface area contributed by atoms with E-state index in [1.807, 2.05) is 0 Å². The van der Waals surface area contributed by atoms with Gasteiger partial charge in [-0.25, -0.2) is 4.39 Å². The molecule has 0 aromatic heterocycles. The van der Waals surface area contributed by atoms with Gasteiger partial charge >= 0.3 is 0 Å². The first-order valence-corrected chi connectivity index (χ1v) is 9.16. The summed E-state index contributed by atoms with van der Waals surface area (Å²) in [6, 6.07) is 0. The van der Waals surface area contributed by atoms with Crippen molar-refractivity contribution >= 4 is 0 Å². The molecule has 0 N–H and O–H groups in total. The van der Waals surface area contributed by atoms with E-state index in [4.69, 9.17) is 0 Å². The Hall–Kier alpha value is -0.150. The highest BCUT2D eigenvalue weighted by atomic mass is 19.1. The molecule has 2 aliphatic heterocycles. The van der Waals surface area contributed by atoms with Crippen molar-refractivity contribution in [1.29, 1.82) is 0 Å². The van der Waals surface area contributed by atoms with E-state index in [0.717, 1.165) is 32.1 Å². The topological polar surface area (TPSA) is 6.48 Å². The average molecular weight is 313 g/mol. The molecule has 0 saturated carbocycles. The number of nitrogens with zero attached hydrogens (tertiary/aromatic N) is 2. The second-order valence-corrected chi connectivity index (χ2v) is 9.73. The summed E-state index contributed by atoms with van der Waals surface area (Å²) in [5, 5.41) is 0. The van der Waals surface area contributed by atoms with E-state index in [2.05, 4.69) is 51.3 Å². The lowest BCUT2D eigenvalue weighted by atomic mass is 9.75. The van der Waals surface area contributed by atoms with Crippen LogP contribution < -0.4 is 0 Å². The average Bonchev–Trinajstić information content (AvgIpc) is 2.37. The van der Waals surface area contributed by atoms with Gasteiger partial charge in [-0.2, -0.15) is 0 Å². The van der Waals surface area contributed by atoms with Gasteiger partial charge in [-0.05, 0) is 70.9 Å². The third kappa shape index (κ3) is 4.67. The van der Waals surface area contributed by atoms with Crippen LogP contribution in [0.1, 0.15) is 67.2 Å². The van der Waals surface area contributed by atoms with Crippen LogP contribution in [0.3, 0.4) is 0 Å². The van der Waals surface area contributed by atoms with Crippen molar-refractivity contribution in [3.8, 4) is 0 Å². The minimum Gasteiger partial charge on any atom is -0.300 e. The van der Waals surface area contributed by atoms with Gasteiger partial charge in [-0.3, -0.25) is 4.90 Å². The van der Waals surface area contributed by atoms with Gasteiger partial charge in [0, 0.05) is 25.2 Å². The molecule has 22 heavy (non-hydrogen) atoms. The van der Waals surface area contributed by atoms with Gasteiger partial charge in [-0.1, -0.05) is 20.8 Å². The van der Waals surface area contributed by atoms with E-state index in [9.17, 15) is 0 Å². The van der Waals surface area contributed by atoms with E-state index in [1.165, 1.54) is 12.8 Å². The highest BCUT2D eigenvalue weighted by molar-refractivity contribution is 4.93. The molecule has 130 valence electrons. The molecule has 0 aromatic carbocycles. The predicted octanol–water partition coefficient (Wildman–Crippen LogP) is 4.35. The molecular weight excluding hydrogens is 275 g/mol. The zero-order valence-electron chi connectivity index (χ0n) is 15.7. The Labute approximate surface area is 137 Å². The van der Waals surface area contributed by atoms with Crippen molar-refractivity contribution in [1.82, 2.24) is 9.80 Å². The fourth-order valence-corrected chi connectivity index (χ4v) is 4.09. The molecule has 2 fully saturated rings. The lowest BCUT2D eigenvalue weighted by Gasteiger charge is -2.46. The molecule has 2 aliphatic rings. The molecule has 2 heterocycles. The Morgan fingerprint density at radius 2 is 1.41 bits per heavy atom. The minimum absolute atomic E-state index is 0.173. The molecule has 2 saturated heterocycles. The predicted molar refractivity (Wildman–Crippen MR) is 93.0 cm³/mol. The van der Waals surface area contributed by atoms with Gasteiger partial charge in [0.15, 0.2) is 0 Å². The van der Waals surface area contributed by atoms with Crippen LogP contribution in [0.5, 0.6) is 0 Å². The normalized spacial score (nSPS) is 26.3. The first-order valence-electron chi connectivity index (χ1n) is 9.16. The third-order valence-corrected chi connectivity index (χ3v) is 5.93. The van der Waals surface area contributed by atoms with Gasteiger partial charge in [0.2, 0.25) is 0 Å². The Morgan fingerprint density at radius 1 is 0.909 bits per heavy atom. The smallest absolute Gasteiger partial charge is 0.126 e. The maximum Gasteiger partial charge on any atom is 0.126 e. The number of alkyl halides is 1. The fraction of sp³-hybridized carbons (Fsp3) is 1.00. The van der Waals surface area contributed by atoms with E-state index in [1.54, 1.807) is 0 Å². The van der Waals surface area contributed by atoms with E-state index in [-0.39, 0.29) is 5.54 Å². The zero-order valence-corrected chi connectivity index (χ0v) is 15.7. The van der Waals surface area contributed by atoms with Crippen molar-refractivity contribution < 1.29 is 4.39 Å². The van der Waals surface area contributed by atoms with Crippen LogP contribution in [-0.4, -0.2) is 53.7 Å². The molecule has 0 radical (unpaired) electrons. The lowest BCUT2D eigenvalue weighted by molar-refractivity contribution is -0.0138. The summed E-state index contributed by atoms with van der Waals surface area (Å²) in [7, 11) is 0. The Morgan fingerprint density at radius 3 is 1.82 bits per heavy atom. The maximum atomic E-state index is 15.2. The fourth-order valence-electron chi connectivity index (χ4n) is 4.09. The van der Waals surface area contributed by atoms with Gasteiger partial charge < -0.3 is 4.90 Å². The molecule has 3 heteroatoms. The second-order valence-electron chi connectivity index (χ2n) is 9.73. The summed E-state index contributed by atoms with van der Waals surface area (Å²) in [5.41, 5.74) is -0.389. The SMILES string of the molecule is CC(C)(C)C1CCN(CC2(F)CCN(C(C)(C)C)CC2)CC1. The van der Waals surface area contributed by atoms with Crippen LogP contribution >= 0.6 is 0 Å². The zero-order chi connectivity index (χ0) is 16.6. The number of halogens is 1. The number of piperidine rings is 2. The molecule has 2 rings (SSSR count). The largest absolute Gasteiger partial charge is 0.300 e. The number of likely N-dealkylation sites (tertiary alicyclic amines) is 2. The first kappa shape index (κ1) is 18.2. The van der Waals surface area contributed by atoms with Gasteiger partial charge in [-0.15, -0.1) is 0 Å². The Balaban J connectivity index is 1.80. The van der Waals surface area contributed by atoms with Crippen molar-refractivity contribution in [2.45, 2.75) is 78.4 Å². The van der Waals surface area contributed by atoms with Crippen LogP contribution in [-0.2, 0) is 0 Å². The minimum atomic E-state index is -0.962. The second kappa shape index (κ2) is 6.39. The van der Waals surface area contributed by atoms with Crippen molar-refractivity contribution in [2.75, 3.05) is 32.7 Å². The molecular formula is C19H37FN2. The van der Waals surface area contributed by atoms with E-state index >= 15 is 4.39 Å². The number of rotatable bonds is 2. The van der Waals surface area contributed by atoms with Crippen molar-refractivity contribution in [2.24, 2.45) is 11.3 Å². The van der Waals surface area contributed by atoms with Gasteiger partial charge in [0.25, 0.3) is 0 Å². The van der Waals surface area contributed by atoms with Gasteiger partial charge in [0.1, 0.15) is 5.67 Å². The standard InChI is InChI=1S/C19H37FN2/c1-17(2,3)16-7-11-21(12-8-16)15-19(20)9-13-22(14-10-19)18(4,5)6/h16H,7-15H2,1-6H3. The van der Waals surface area contributed by atoms with Gasteiger partial charge in [0.05, 0.1) is 0 Å². The summed E-state index contributed by atoms with van der Waals surface area (Å²) in [5.74, 6) is 0.794. The van der Waals surface area contributed by atoms with Crippen LogP contribution in [0.4, 0.5) is 4.39 Å². The third-order valence-electron chi connectivity index (χ3n) is 5.93.